The highest BCUT2D eigenvalue weighted by Crippen LogP contribution is 2.41. The highest BCUT2D eigenvalue weighted by molar-refractivity contribution is 7.90. The molecule has 1 aromatic carbocycles. The van der Waals surface area contributed by atoms with Gasteiger partial charge in [-0.1, -0.05) is 18.2 Å². The van der Waals surface area contributed by atoms with E-state index in [4.69, 9.17) is 0 Å². The zero-order chi connectivity index (χ0) is 19.5. The van der Waals surface area contributed by atoms with Crippen LogP contribution in [-0.4, -0.2) is 68.2 Å². The molecule has 2 aliphatic heterocycles. The first-order valence-electron chi connectivity index (χ1n) is 9.58. The normalized spacial score (nSPS) is 19.9. The lowest BCUT2D eigenvalue weighted by molar-refractivity contribution is -0.133. The van der Waals surface area contributed by atoms with Crippen LogP contribution in [0.4, 0.5) is 0 Å². The van der Waals surface area contributed by atoms with Crippen molar-refractivity contribution in [3.63, 3.8) is 0 Å². The van der Waals surface area contributed by atoms with Gasteiger partial charge in [-0.25, -0.2) is 8.42 Å². The summed E-state index contributed by atoms with van der Waals surface area (Å²) < 4.78 is 22.5. The molecule has 0 atom stereocenters. The smallest absolute Gasteiger partial charge is 0.253 e. The Hall–Kier alpha value is -1.89. The van der Waals surface area contributed by atoms with Crippen LogP contribution in [0.5, 0.6) is 0 Å². The zero-order valence-corrected chi connectivity index (χ0v) is 16.7. The van der Waals surface area contributed by atoms with Gasteiger partial charge in [-0.05, 0) is 43.2 Å². The van der Waals surface area contributed by atoms with E-state index in [1.165, 1.54) is 0 Å². The fraction of sp³-hybridized carbons (Fsp3) is 0.600. The first-order chi connectivity index (χ1) is 12.8. The van der Waals surface area contributed by atoms with Crippen LogP contribution < -0.4 is 0 Å². The lowest BCUT2D eigenvalue weighted by Crippen LogP contribution is -2.49. The molecule has 1 aromatic rings. The average Bonchev–Trinajstić information content (AvgIpc) is 2.67. The third kappa shape index (κ3) is 5.09. The van der Waals surface area contributed by atoms with Gasteiger partial charge in [-0.15, -0.1) is 0 Å². The van der Waals surface area contributed by atoms with E-state index < -0.39 is 9.84 Å². The van der Waals surface area contributed by atoms with E-state index in [0.717, 1.165) is 50.6 Å². The molecule has 0 unspecified atom stereocenters. The minimum absolute atomic E-state index is 0.0630. The van der Waals surface area contributed by atoms with Gasteiger partial charge in [0.1, 0.15) is 9.84 Å². The number of rotatable bonds is 4. The molecule has 2 heterocycles. The van der Waals surface area contributed by atoms with E-state index >= 15 is 0 Å². The Morgan fingerprint density at radius 3 is 1.96 bits per heavy atom. The molecule has 0 aromatic heterocycles. The van der Waals surface area contributed by atoms with Gasteiger partial charge in [0, 0.05) is 44.4 Å². The van der Waals surface area contributed by atoms with Crippen molar-refractivity contribution in [3.8, 4) is 0 Å². The SMILES string of the molecule is CS(=O)(=O)CCC(=O)N1CCC2(CC1)CCN(C(=O)c1ccccc1)CC2. The van der Waals surface area contributed by atoms with Crippen molar-refractivity contribution in [2.75, 3.05) is 38.2 Å². The van der Waals surface area contributed by atoms with Crippen molar-refractivity contribution in [1.82, 2.24) is 9.80 Å². The molecular weight excluding hydrogens is 364 g/mol. The largest absolute Gasteiger partial charge is 0.343 e. The molecule has 0 bridgehead atoms. The topological polar surface area (TPSA) is 74.8 Å². The third-order valence-electron chi connectivity index (χ3n) is 6.00. The second kappa shape index (κ2) is 8.00. The Labute approximate surface area is 161 Å². The number of carbonyl (C=O) groups excluding carboxylic acids is 2. The number of hydrogen-bond donors (Lipinski definition) is 0. The van der Waals surface area contributed by atoms with E-state index in [2.05, 4.69) is 0 Å². The predicted octanol–water partition coefficient (Wildman–Crippen LogP) is 1.97. The van der Waals surface area contributed by atoms with Crippen LogP contribution in [0.1, 0.15) is 42.5 Å². The number of sulfone groups is 1. The monoisotopic (exact) mass is 392 g/mol. The molecule has 0 aliphatic carbocycles. The van der Waals surface area contributed by atoms with Crippen LogP contribution in [-0.2, 0) is 14.6 Å². The zero-order valence-electron chi connectivity index (χ0n) is 15.9. The summed E-state index contributed by atoms with van der Waals surface area (Å²) in [6, 6.07) is 9.39. The maximum atomic E-state index is 12.6. The Balaban J connectivity index is 1.49. The summed E-state index contributed by atoms with van der Waals surface area (Å²) in [5.74, 6) is -0.0462. The van der Waals surface area contributed by atoms with Crippen LogP contribution in [0.25, 0.3) is 0 Å². The van der Waals surface area contributed by atoms with Gasteiger partial charge >= 0.3 is 0 Å². The summed E-state index contributed by atoms with van der Waals surface area (Å²) in [7, 11) is -3.11. The molecule has 7 heteroatoms. The molecule has 2 saturated heterocycles. The highest BCUT2D eigenvalue weighted by Gasteiger charge is 2.39. The number of nitrogens with zero attached hydrogens (tertiary/aromatic N) is 2. The molecule has 27 heavy (non-hydrogen) atoms. The maximum Gasteiger partial charge on any atom is 0.253 e. The number of hydrogen-bond acceptors (Lipinski definition) is 4. The summed E-state index contributed by atoms with van der Waals surface area (Å²) in [4.78, 5) is 28.6. The fourth-order valence-electron chi connectivity index (χ4n) is 4.11. The summed E-state index contributed by atoms with van der Waals surface area (Å²) >= 11 is 0. The number of likely N-dealkylation sites (tertiary alicyclic amines) is 2. The first-order valence-corrected chi connectivity index (χ1v) is 11.6. The van der Waals surface area contributed by atoms with Gasteiger partial charge in [-0.2, -0.15) is 0 Å². The van der Waals surface area contributed by atoms with Crippen molar-refractivity contribution in [2.24, 2.45) is 5.41 Å². The van der Waals surface area contributed by atoms with E-state index in [1.54, 1.807) is 4.90 Å². The fourth-order valence-corrected chi connectivity index (χ4v) is 4.65. The number of amides is 2. The van der Waals surface area contributed by atoms with Gasteiger partial charge in [0.05, 0.1) is 5.75 Å². The maximum absolute atomic E-state index is 12.6. The summed E-state index contributed by atoms with van der Waals surface area (Å²) in [6.45, 7) is 2.90. The van der Waals surface area contributed by atoms with Crippen molar-refractivity contribution in [2.45, 2.75) is 32.1 Å². The van der Waals surface area contributed by atoms with Crippen molar-refractivity contribution in [1.29, 1.82) is 0 Å². The van der Waals surface area contributed by atoms with Crippen LogP contribution in [0.15, 0.2) is 30.3 Å². The Bertz CT molecular complexity index is 773. The van der Waals surface area contributed by atoms with Crippen LogP contribution in [0, 0.1) is 5.41 Å². The number of carbonyl (C=O) groups is 2. The van der Waals surface area contributed by atoms with Crippen LogP contribution in [0.3, 0.4) is 0 Å². The molecule has 148 valence electrons. The van der Waals surface area contributed by atoms with Crippen molar-refractivity contribution in [3.05, 3.63) is 35.9 Å². The molecule has 0 saturated carbocycles. The van der Waals surface area contributed by atoms with Crippen molar-refractivity contribution >= 4 is 21.7 Å². The van der Waals surface area contributed by atoms with Crippen LogP contribution >= 0.6 is 0 Å². The van der Waals surface area contributed by atoms with E-state index in [1.807, 2.05) is 35.2 Å². The second-order valence-electron chi connectivity index (χ2n) is 7.92. The summed E-state index contributed by atoms with van der Waals surface area (Å²) in [6.07, 6.45) is 5.05. The molecule has 1 spiro atoms. The molecule has 2 amide bonds. The third-order valence-corrected chi connectivity index (χ3v) is 6.94. The Morgan fingerprint density at radius 2 is 1.44 bits per heavy atom. The average molecular weight is 393 g/mol. The summed E-state index contributed by atoms with van der Waals surface area (Å²) in [5.41, 5.74) is 0.945. The molecule has 2 fully saturated rings. The minimum atomic E-state index is -3.11. The van der Waals surface area contributed by atoms with Gasteiger partial charge < -0.3 is 9.80 Å². The predicted molar refractivity (Wildman–Crippen MR) is 104 cm³/mol. The van der Waals surface area contributed by atoms with Crippen molar-refractivity contribution < 1.29 is 18.0 Å². The second-order valence-corrected chi connectivity index (χ2v) is 10.2. The molecular formula is C20H28N2O4S. The quantitative estimate of drug-likeness (QED) is 0.785. The van der Waals surface area contributed by atoms with Crippen LogP contribution in [0.2, 0.25) is 0 Å². The molecule has 0 N–H and O–H groups in total. The van der Waals surface area contributed by atoms with Gasteiger partial charge in [0.25, 0.3) is 5.91 Å². The Kier molecular flexibility index (Phi) is 5.89. The highest BCUT2D eigenvalue weighted by atomic mass is 32.2. The summed E-state index contributed by atoms with van der Waals surface area (Å²) in [5, 5.41) is 0. The lowest BCUT2D eigenvalue weighted by Gasteiger charge is -2.47. The standard InChI is InChI=1S/C20H28N2O4S/c1-27(25,26)16-7-18(23)21-12-8-20(9-13-21)10-14-22(15-11-20)19(24)17-5-3-2-4-6-17/h2-6H,7-16H2,1H3. The minimum Gasteiger partial charge on any atom is -0.343 e. The Morgan fingerprint density at radius 1 is 0.926 bits per heavy atom. The van der Waals surface area contributed by atoms with E-state index in [9.17, 15) is 18.0 Å². The molecule has 6 nitrogen and oxygen atoms in total. The van der Waals surface area contributed by atoms with Gasteiger partial charge in [0.15, 0.2) is 0 Å². The van der Waals surface area contributed by atoms with E-state index in [0.29, 0.717) is 13.1 Å². The first kappa shape index (κ1) is 19.9. The van der Waals surface area contributed by atoms with Gasteiger partial charge in [0.2, 0.25) is 5.91 Å². The van der Waals surface area contributed by atoms with E-state index in [-0.39, 0.29) is 29.4 Å². The van der Waals surface area contributed by atoms with Gasteiger partial charge in [-0.3, -0.25) is 9.59 Å². The molecule has 2 aliphatic rings. The molecule has 3 rings (SSSR count). The number of benzene rings is 1. The number of piperidine rings is 2. The lowest BCUT2D eigenvalue weighted by atomic mass is 9.71. The molecule has 0 radical (unpaired) electrons.